The van der Waals surface area contributed by atoms with Crippen LogP contribution in [-0.4, -0.2) is 50.0 Å². The van der Waals surface area contributed by atoms with Crippen LogP contribution in [0.5, 0.6) is 0 Å². The third-order valence-electron chi connectivity index (χ3n) is 6.52. The molecule has 4 heterocycles. The molecular weight excluding hydrogens is 404 g/mol. The smallest absolute Gasteiger partial charge is 0.255 e. The molecule has 8 heteroatoms. The molecule has 0 unspecified atom stereocenters. The summed E-state index contributed by atoms with van der Waals surface area (Å²) in [7, 11) is 1.73. The Labute approximate surface area is 186 Å². The van der Waals surface area contributed by atoms with Crippen molar-refractivity contribution < 1.29 is 4.79 Å². The van der Waals surface area contributed by atoms with Crippen LogP contribution in [-0.2, 0) is 24.8 Å². The van der Waals surface area contributed by atoms with Gasteiger partial charge < -0.3 is 9.80 Å². The summed E-state index contributed by atoms with van der Waals surface area (Å²) in [5.41, 5.74) is 3.63. The molecule has 2 aromatic heterocycles. The summed E-state index contributed by atoms with van der Waals surface area (Å²) in [5, 5.41) is 0. The van der Waals surface area contributed by atoms with Crippen LogP contribution in [0, 0.1) is 5.92 Å². The maximum atomic E-state index is 13.2. The van der Waals surface area contributed by atoms with Gasteiger partial charge >= 0.3 is 0 Å². The van der Waals surface area contributed by atoms with Crippen molar-refractivity contribution in [3.05, 3.63) is 70.4 Å². The minimum Gasteiger partial charge on any atom is -0.342 e. The average molecular weight is 431 g/mol. The van der Waals surface area contributed by atoms with Crippen molar-refractivity contribution in [2.45, 2.75) is 25.8 Å². The number of hydrogen-bond donors (Lipinski definition) is 0. The molecule has 0 atom stereocenters. The van der Waals surface area contributed by atoms with Gasteiger partial charge in [0.05, 0.1) is 11.4 Å². The van der Waals surface area contributed by atoms with E-state index < -0.39 is 0 Å². The maximum Gasteiger partial charge on any atom is 0.255 e. The Bertz CT molecular complexity index is 1180. The van der Waals surface area contributed by atoms with E-state index in [-0.39, 0.29) is 17.4 Å². The Balaban J connectivity index is 1.28. The summed E-state index contributed by atoms with van der Waals surface area (Å²) < 4.78 is 1.56. The molecule has 2 aliphatic heterocycles. The Morgan fingerprint density at radius 3 is 2.56 bits per heavy atom. The van der Waals surface area contributed by atoms with Crippen LogP contribution in [0.4, 0.5) is 5.95 Å². The van der Waals surface area contributed by atoms with Gasteiger partial charge in [-0.05, 0) is 36.5 Å². The number of aromatic nitrogens is 4. The Morgan fingerprint density at radius 2 is 1.81 bits per heavy atom. The minimum atomic E-state index is -0.131. The first-order valence-corrected chi connectivity index (χ1v) is 11.0. The number of carbonyl (C=O) groups is 1. The number of amides is 1. The van der Waals surface area contributed by atoms with Crippen LogP contribution < -0.4 is 10.5 Å². The van der Waals surface area contributed by atoms with Crippen molar-refractivity contribution in [2.75, 3.05) is 24.5 Å². The average Bonchev–Trinajstić information content (AvgIpc) is 2.85. The first-order chi connectivity index (χ1) is 15.6. The van der Waals surface area contributed by atoms with Crippen molar-refractivity contribution in [3.63, 3.8) is 0 Å². The second kappa shape index (κ2) is 8.53. The molecule has 3 aromatic rings. The van der Waals surface area contributed by atoms with E-state index in [0.29, 0.717) is 37.0 Å². The molecule has 164 valence electrons. The molecule has 8 nitrogen and oxygen atoms in total. The molecule has 0 saturated carbocycles. The van der Waals surface area contributed by atoms with E-state index in [1.165, 1.54) is 23.5 Å². The molecule has 5 rings (SSSR count). The minimum absolute atomic E-state index is 0.0126. The highest BCUT2D eigenvalue weighted by molar-refractivity contribution is 5.79. The first-order valence-electron chi connectivity index (χ1n) is 11.0. The van der Waals surface area contributed by atoms with Gasteiger partial charge in [0, 0.05) is 51.4 Å². The van der Waals surface area contributed by atoms with Gasteiger partial charge in [-0.15, -0.1) is 0 Å². The van der Waals surface area contributed by atoms with E-state index in [1.807, 2.05) is 11.0 Å². The van der Waals surface area contributed by atoms with Crippen LogP contribution in [0.25, 0.3) is 11.4 Å². The lowest BCUT2D eigenvalue weighted by Crippen LogP contribution is -2.45. The highest BCUT2D eigenvalue weighted by Crippen LogP contribution is 2.27. The molecule has 1 aromatic carbocycles. The van der Waals surface area contributed by atoms with E-state index in [9.17, 15) is 9.59 Å². The van der Waals surface area contributed by atoms with E-state index >= 15 is 0 Å². The number of rotatable bonds is 3. The molecular formula is C24H26N6O2. The summed E-state index contributed by atoms with van der Waals surface area (Å²) in [6.45, 7) is 2.86. The van der Waals surface area contributed by atoms with Gasteiger partial charge in [0.15, 0.2) is 0 Å². The lowest BCUT2D eigenvalue weighted by molar-refractivity contribution is -0.137. The quantitative estimate of drug-likeness (QED) is 0.632. The Kier molecular flexibility index (Phi) is 5.43. The van der Waals surface area contributed by atoms with Gasteiger partial charge in [0.1, 0.15) is 6.33 Å². The lowest BCUT2D eigenvalue weighted by Gasteiger charge is -2.36. The normalized spacial score (nSPS) is 16.7. The standard InChI is InChI=1S/C24H26N6O2/c1-28-22(31)14-21(20-6-10-25-16-26-20)27-24(28)29-11-8-18(9-12-29)23(32)30-13-7-17-4-2-3-5-19(17)15-30/h2-6,10,14,16,18H,7-9,11-13,15H2,1H3. The highest BCUT2D eigenvalue weighted by atomic mass is 16.2. The summed E-state index contributed by atoms with van der Waals surface area (Å²) in [4.78, 5) is 42.7. The molecule has 0 aliphatic carbocycles. The summed E-state index contributed by atoms with van der Waals surface area (Å²) in [6, 6.07) is 11.6. The third kappa shape index (κ3) is 3.88. The number of carbonyl (C=O) groups excluding carboxylic acids is 1. The summed E-state index contributed by atoms with van der Waals surface area (Å²) in [6.07, 6.45) is 5.51. The first kappa shape index (κ1) is 20.4. The fraction of sp³-hybridized carbons (Fsp3) is 0.375. The maximum absolute atomic E-state index is 13.2. The second-order valence-corrected chi connectivity index (χ2v) is 8.47. The Morgan fingerprint density at radius 1 is 1.03 bits per heavy atom. The Hall–Kier alpha value is -3.55. The molecule has 1 fully saturated rings. The predicted molar refractivity (Wildman–Crippen MR) is 121 cm³/mol. The number of piperidine rings is 1. The number of fused-ring (bicyclic) bond motifs is 1. The van der Waals surface area contributed by atoms with Gasteiger partial charge in [-0.3, -0.25) is 14.2 Å². The van der Waals surface area contributed by atoms with Crippen LogP contribution in [0.2, 0.25) is 0 Å². The van der Waals surface area contributed by atoms with E-state index in [4.69, 9.17) is 4.98 Å². The fourth-order valence-electron chi connectivity index (χ4n) is 4.65. The van der Waals surface area contributed by atoms with Crippen molar-refractivity contribution in [3.8, 4) is 11.4 Å². The van der Waals surface area contributed by atoms with Crippen molar-refractivity contribution >= 4 is 11.9 Å². The zero-order chi connectivity index (χ0) is 22.1. The van der Waals surface area contributed by atoms with Crippen LogP contribution in [0.3, 0.4) is 0 Å². The molecule has 0 radical (unpaired) electrons. The van der Waals surface area contributed by atoms with Crippen molar-refractivity contribution in [2.24, 2.45) is 13.0 Å². The highest BCUT2D eigenvalue weighted by Gasteiger charge is 2.31. The van der Waals surface area contributed by atoms with Gasteiger partial charge in [-0.1, -0.05) is 24.3 Å². The van der Waals surface area contributed by atoms with Gasteiger partial charge in [0.2, 0.25) is 11.9 Å². The van der Waals surface area contributed by atoms with E-state index in [0.717, 1.165) is 25.8 Å². The lowest BCUT2D eigenvalue weighted by atomic mass is 9.93. The summed E-state index contributed by atoms with van der Waals surface area (Å²) >= 11 is 0. The summed E-state index contributed by atoms with van der Waals surface area (Å²) in [5.74, 6) is 0.873. The molecule has 0 spiro atoms. The number of nitrogens with zero attached hydrogens (tertiary/aromatic N) is 6. The van der Waals surface area contributed by atoms with Gasteiger partial charge in [0.25, 0.3) is 5.56 Å². The molecule has 0 bridgehead atoms. The zero-order valence-corrected chi connectivity index (χ0v) is 18.1. The number of hydrogen-bond acceptors (Lipinski definition) is 6. The molecule has 32 heavy (non-hydrogen) atoms. The van der Waals surface area contributed by atoms with E-state index in [1.54, 1.807) is 23.9 Å². The molecule has 1 saturated heterocycles. The van der Waals surface area contributed by atoms with Crippen molar-refractivity contribution in [1.29, 1.82) is 0 Å². The SMILES string of the molecule is Cn1c(N2CCC(C(=O)N3CCc4ccccc4C3)CC2)nc(-c2ccncn2)cc1=O. The predicted octanol–water partition coefficient (Wildman–Crippen LogP) is 2.04. The second-order valence-electron chi connectivity index (χ2n) is 8.47. The molecule has 0 N–H and O–H groups in total. The van der Waals surface area contributed by atoms with Crippen LogP contribution in [0.1, 0.15) is 24.0 Å². The third-order valence-corrected chi connectivity index (χ3v) is 6.52. The van der Waals surface area contributed by atoms with Crippen LogP contribution in [0.15, 0.2) is 53.7 Å². The monoisotopic (exact) mass is 430 g/mol. The van der Waals surface area contributed by atoms with Gasteiger partial charge in [-0.25, -0.2) is 15.0 Å². The zero-order valence-electron chi connectivity index (χ0n) is 18.1. The molecule has 1 amide bonds. The number of benzene rings is 1. The molecule has 2 aliphatic rings. The van der Waals surface area contributed by atoms with Crippen LogP contribution >= 0.6 is 0 Å². The van der Waals surface area contributed by atoms with Crippen molar-refractivity contribution in [1.82, 2.24) is 24.4 Å². The topological polar surface area (TPSA) is 84.2 Å². The number of anilines is 1. The van der Waals surface area contributed by atoms with E-state index in [2.05, 4.69) is 33.1 Å². The fourth-order valence-corrected chi connectivity index (χ4v) is 4.65. The van der Waals surface area contributed by atoms with Gasteiger partial charge in [-0.2, -0.15) is 0 Å². The largest absolute Gasteiger partial charge is 0.342 e.